The summed E-state index contributed by atoms with van der Waals surface area (Å²) in [6, 6.07) is 4.83. The van der Waals surface area contributed by atoms with Crippen LogP contribution in [0.25, 0.3) is 0 Å². The molecule has 3 nitrogen and oxygen atoms in total. The van der Waals surface area contributed by atoms with E-state index < -0.39 is 17.7 Å². The molecule has 0 amide bonds. The van der Waals surface area contributed by atoms with Crippen molar-refractivity contribution in [3.63, 3.8) is 0 Å². The Hall–Kier alpha value is -1.56. The van der Waals surface area contributed by atoms with Gasteiger partial charge in [0.25, 0.3) is 0 Å². The molecule has 1 rings (SSSR count). The summed E-state index contributed by atoms with van der Waals surface area (Å²) >= 11 is 0. The standard InChI is InChI=1S/C12H14F3NO2/c1-8(16-7-11(17)18)5-9-3-2-4-10(6-9)12(13,14)15/h2-4,6,8,16H,5,7H2,1H3,(H,17,18)/t8-/m1/s1. The third-order valence-electron chi connectivity index (χ3n) is 2.40. The van der Waals surface area contributed by atoms with Crippen molar-refractivity contribution >= 4 is 5.97 Å². The number of carboxylic acid groups (broad SMARTS) is 1. The molecular weight excluding hydrogens is 247 g/mol. The van der Waals surface area contributed by atoms with Crippen LogP contribution in [0.4, 0.5) is 13.2 Å². The van der Waals surface area contributed by atoms with Crippen molar-refractivity contribution in [2.45, 2.75) is 25.6 Å². The van der Waals surface area contributed by atoms with Gasteiger partial charge in [0.1, 0.15) is 0 Å². The molecule has 0 aromatic heterocycles. The van der Waals surface area contributed by atoms with Crippen LogP contribution < -0.4 is 5.32 Å². The number of halogens is 3. The van der Waals surface area contributed by atoms with Gasteiger partial charge in [-0.25, -0.2) is 0 Å². The lowest BCUT2D eigenvalue weighted by Crippen LogP contribution is -2.32. The number of alkyl halides is 3. The fourth-order valence-electron chi connectivity index (χ4n) is 1.56. The quantitative estimate of drug-likeness (QED) is 0.855. The Morgan fingerprint density at radius 3 is 2.67 bits per heavy atom. The molecule has 0 heterocycles. The normalized spacial score (nSPS) is 13.3. The third-order valence-corrected chi connectivity index (χ3v) is 2.40. The summed E-state index contributed by atoms with van der Waals surface area (Å²) in [6.45, 7) is 1.52. The lowest BCUT2D eigenvalue weighted by atomic mass is 10.0. The molecule has 0 saturated carbocycles. The summed E-state index contributed by atoms with van der Waals surface area (Å²) in [5.41, 5.74) is -0.166. The molecule has 1 atom stereocenters. The van der Waals surface area contributed by atoms with Crippen molar-refractivity contribution in [3.05, 3.63) is 35.4 Å². The maximum atomic E-state index is 12.5. The summed E-state index contributed by atoms with van der Waals surface area (Å²) in [6.07, 6.45) is -4.01. The van der Waals surface area contributed by atoms with Gasteiger partial charge in [-0.1, -0.05) is 18.2 Å². The highest BCUT2D eigenvalue weighted by Gasteiger charge is 2.30. The van der Waals surface area contributed by atoms with Gasteiger partial charge < -0.3 is 10.4 Å². The van der Waals surface area contributed by atoms with E-state index in [4.69, 9.17) is 5.11 Å². The van der Waals surface area contributed by atoms with Gasteiger partial charge in [0.15, 0.2) is 0 Å². The van der Waals surface area contributed by atoms with Crippen LogP contribution in [0.15, 0.2) is 24.3 Å². The van der Waals surface area contributed by atoms with Gasteiger partial charge >= 0.3 is 12.1 Å². The maximum Gasteiger partial charge on any atom is 0.416 e. The number of hydrogen-bond acceptors (Lipinski definition) is 2. The topological polar surface area (TPSA) is 49.3 Å². The number of rotatable bonds is 5. The van der Waals surface area contributed by atoms with Gasteiger partial charge in [-0.2, -0.15) is 13.2 Å². The van der Waals surface area contributed by atoms with E-state index in [2.05, 4.69) is 5.32 Å². The molecule has 1 aromatic rings. The van der Waals surface area contributed by atoms with Crippen molar-refractivity contribution in [1.82, 2.24) is 5.32 Å². The van der Waals surface area contributed by atoms with E-state index in [1.165, 1.54) is 6.07 Å². The van der Waals surface area contributed by atoms with Crippen molar-refractivity contribution in [2.24, 2.45) is 0 Å². The van der Waals surface area contributed by atoms with Crippen LogP contribution in [0.2, 0.25) is 0 Å². The second-order valence-corrected chi connectivity index (χ2v) is 4.08. The molecule has 0 bridgehead atoms. The van der Waals surface area contributed by atoms with Crippen molar-refractivity contribution in [1.29, 1.82) is 0 Å². The molecule has 6 heteroatoms. The van der Waals surface area contributed by atoms with Gasteiger partial charge in [0.2, 0.25) is 0 Å². The number of hydrogen-bond donors (Lipinski definition) is 2. The van der Waals surface area contributed by atoms with Crippen LogP contribution in [-0.4, -0.2) is 23.7 Å². The highest BCUT2D eigenvalue weighted by molar-refractivity contribution is 5.69. The Labute approximate surface area is 103 Å². The van der Waals surface area contributed by atoms with Gasteiger partial charge in [0.05, 0.1) is 12.1 Å². The number of carbonyl (C=O) groups is 1. The van der Waals surface area contributed by atoms with Crippen molar-refractivity contribution < 1.29 is 23.1 Å². The zero-order valence-electron chi connectivity index (χ0n) is 9.79. The fourth-order valence-corrected chi connectivity index (χ4v) is 1.56. The molecular formula is C12H14F3NO2. The molecule has 0 fully saturated rings. The largest absolute Gasteiger partial charge is 0.480 e. The molecule has 0 spiro atoms. The predicted octanol–water partition coefficient (Wildman–Crippen LogP) is 2.31. The van der Waals surface area contributed by atoms with E-state index in [0.29, 0.717) is 12.0 Å². The minimum absolute atomic E-state index is 0.204. The number of carboxylic acids is 1. The summed E-state index contributed by atoms with van der Waals surface area (Å²) in [4.78, 5) is 10.3. The van der Waals surface area contributed by atoms with E-state index in [-0.39, 0.29) is 12.6 Å². The molecule has 2 N–H and O–H groups in total. The van der Waals surface area contributed by atoms with Gasteiger partial charge in [-0.05, 0) is 25.0 Å². The third kappa shape index (κ3) is 4.75. The molecule has 100 valence electrons. The van der Waals surface area contributed by atoms with Gasteiger partial charge in [-0.15, -0.1) is 0 Å². The number of aliphatic carboxylic acids is 1. The minimum atomic E-state index is -4.35. The molecule has 18 heavy (non-hydrogen) atoms. The van der Waals surface area contributed by atoms with Crippen LogP contribution in [0.5, 0.6) is 0 Å². The first kappa shape index (κ1) is 14.5. The van der Waals surface area contributed by atoms with Gasteiger partial charge in [0, 0.05) is 6.04 Å². The van der Waals surface area contributed by atoms with Crippen LogP contribution in [-0.2, 0) is 17.4 Å². The first-order valence-corrected chi connectivity index (χ1v) is 5.40. The number of nitrogens with one attached hydrogen (secondary N) is 1. The monoisotopic (exact) mass is 261 g/mol. The lowest BCUT2D eigenvalue weighted by Gasteiger charge is -2.13. The Morgan fingerprint density at radius 2 is 2.11 bits per heavy atom. The average molecular weight is 261 g/mol. The lowest BCUT2D eigenvalue weighted by molar-refractivity contribution is -0.138. The molecule has 0 saturated heterocycles. The van der Waals surface area contributed by atoms with Crippen LogP contribution in [0.1, 0.15) is 18.1 Å². The molecule has 0 unspecified atom stereocenters. The van der Waals surface area contributed by atoms with E-state index in [1.807, 2.05) is 0 Å². The zero-order chi connectivity index (χ0) is 13.8. The Kier molecular flexibility index (Phi) is 4.72. The molecule has 1 aromatic carbocycles. The number of benzene rings is 1. The molecule has 0 aliphatic heterocycles. The minimum Gasteiger partial charge on any atom is -0.480 e. The summed E-state index contributed by atoms with van der Waals surface area (Å²) in [7, 11) is 0. The van der Waals surface area contributed by atoms with Crippen LogP contribution >= 0.6 is 0 Å². The fraction of sp³-hybridized carbons (Fsp3) is 0.417. The Balaban J connectivity index is 2.65. The average Bonchev–Trinajstić information content (AvgIpc) is 2.25. The Bertz CT molecular complexity index is 418. The van der Waals surface area contributed by atoms with E-state index in [1.54, 1.807) is 13.0 Å². The maximum absolute atomic E-state index is 12.5. The first-order valence-electron chi connectivity index (χ1n) is 5.40. The summed E-state index contributed by atoms with van der Waals surface area (Å²) in [5, 5.41) is 11.2. The SMILES string of the molecule is C[C@H](Cc1cccc(C(F)(F)F)c1)NCC(=O)O. The first-order chi connectivity index (χ1) is 8.29. The van der Waals surface area contributed by atoms with Crippen molar-refractivity contribution in [2.75, 3.05) is 6.54 Å². The molecule has 0 aliphatic rings. The molecule has 0 radical (unpaired) electrons. The second-order valence-electron chi connectivity index (χ2n) is 4.08. The predicted molar refractivity (Wildman–Crippen MR) is 60.2 cm³/mol. The van der Waals surface area contributed by atoms with E-state index in [0.717, 1.165) is 12.1 Å². The van der Waals surface area contributed by atoms with Crippen LogP contribution in [0, 0.1) is 0 Å². The van der Waals surface area contributed by atoms with E-state index in [9.17, 15) is 18.0 Å². The van der Waals surface area contributed by atoms with Crippen molar-refractivity contribution in [3.8, 4) is 0 Å². The Morgan fingerprint density at radius 1 is 1.44 bits per heavy atom. The van der Waals surface area contributed by atoms with Gasteiger partial charge in [-0.3, -0.25) is 4.79 Å². The van der Waals surface area contributed by atoms with Crippen LogP contribution in [0.3, 0.4) is 0 Å². The smallest absolute Gasteiger partial charge is 0.416 e. The highest BCUT2D eigenvalue weighted by Crippen LogP contribution is 2.29. The summed E-state index contributed by atoms with van der Waals surface area (Å²) < 4.78 is 37.4. The summed E-state index contributed by atoms with van der Waals surface area (Å²) in [5.74, 6) is -0.995. The van der Waals surface area contributed by atoms with E-state index >= 15 is 0 Å². The second kappa shape index (κ2) is 5.86. The highest BCUT2D eigenvalue weighted by atomic mass is 19.4. The zero-order valence-corrected chi connectivity index (χ0v) is 9.79. The molecule has 0 aliphatic carbocycles.